The largest absolute Gasteiger partial charge is 0.378 e. The molecule has 0 radical (unpaired) electrons. The predicted octanol–water partition coefficient (Wildman–Crippen LogP) is 2.21. The van der Waals surface area contributed by atoms with E-state index in [1.807, 2.05) is 12.4 Å². The SMILES string of the molecule is CCOC1CC(NC2CCN(c3ccncc3)CC2)C1. The number of piperidine rings is 1. The van der Waals surface area contributed by atoms with Gasteiger partial charge in [-0.05, 0) is 44.7 Å². The molecule has 3 rings (SSSR count). The maximum absolute atomic E-state index is 5.62. The smallest absolute Gasteiger partial charge is 0.0604 e. The highest BCUT2D eigenvalue weighted by Crippen LogP contribution is 2.26. The van der Waals surface area contributed by atoms with Crippen LogP contribution in [-0.2, 0) is 4.74 Å². The molecule has 0 spiro atoms. The molecule has 2 fully saturated rings. The highest BCUT2D eigenvalue weighted by molar-refractivity contribution is 5.44. The van der Waals surface area contributed by atoms with Crippen LogP contribution in [-0.4, -0.2) is 42.9 Å². The summed E-state index contributed by atoms with van der Waals surface area (Å²) in [5.74, 6) is 0. The van der Waals surface area contributed by atoms with Crippen molar-refractivity contribution in [1.29, 1.82) is 0 Å². The number of nitrogens with zero attached hydrogens (tertiary/aromatic N) is 2. The lowest BCUT2D eigenvalue weighted by atomic mass is 9.87. The van der Waals surface area contributed by atoms with Gasteiger partial charge in [0.2, 0.25) is 0 Å². The molecular weight excluding hydrogens is 250 g/mol. The van der Waals surface area contributed by atoms with Crippen LogP contribution in [0.15, 0.2) is 24.5 Å². The fourth-order valence-corrected chi connectivity index (χ4v) is 3.27. The Labute approximate surface area is 121 Å². The van der Waals surface area contributed by atoms with Crippen molar-refractivity contribution in [3.63, 3.8) is 0 Å². The van der Waals surface area contributed by atoms with Gasteiger partial charge >= 0.3 is 0 Å². The van der Waals surface area contributed by atoms with Crippen molar-refractivity contribution in [2.75, 3.05) is 24.6 Å². The van der Waals surface area contributed by atoms with Crippen molar-refractivity contribution in [3.8, 4) is 0 Å². The standard InChI is InChI=1S/C16H25N3O/c1-2-20-16-11-14(12-16)18-13-5-9-19(10-6-13)15-3-7-17-8-4-15/h3-4,7-8,13-14,16,18H,2,5-6,9-12H2,1H3. The molecule has 1 saturated heterocycles. The summed E-state index contributed by atoms with van der Waals surface area (Å²) in [4.78, 5) is 6.55. The van der Waals surface area contributed by atoms with E-state index >= 15 is 0 Å². The number of anilines is 1. The van der Waals surface area contributed by atoms with E-state index in [0.29, 0.717) is 18.2 Å². The first-order valence-electron chi connectivity index (χ1n) is 7.87. The summed E-state index contributed by atoms with van der Waals surface area (Å²) in [6, 6.07) is 5.57. The Hall–Kier alpha value is -1.13. The lowest BCUT2D eigenvalue weighted by Crippen LogP contribution is -2.52. The first-order valence-corrected chi connectivity index (χ1v) is 7.87. The van der Waals surface area contributed by atoms with E-state index in [1.165, 1.54) is 31.4 Å². The van der Waals surface area contributed by atoms with Crippen LogP contribution < -0.4 is 10.2 Å². The van der Waals surface area contributed by atoms with Crippen molar-refractivity contribution in [3.05, 3.63) is 24.5 Å². The second kappa shape index (κ2) is 6.55. The molecule has 1 aromatic heterocycles. The molecule has 0 bridgehead atoms. The molecule has 4 nitrogen and oxygen atoms in total. The third-order valence-corrected chi connectivity index (χ3v) is 4.49. The molecule has 4 heteroatoms. The predicted molar refractivity (Wildman–Crippen MR) is 81.0 cm³/mol. The summed E-state index contributed by atoms with van der Waals surface area (Å²) in [6.07, 6.45) is 9.12. The molecule has 1 aliphatic heterocycles. The minimum absolute atomic E-state index is 0.509. The lowest BCUT2D eigenvalue weighted by molar-refractivity contribution is -0.0130. The van der Waals surface area contributed by atoms with Crippen LogP contribution >= 0.6 is 0 Å². The van der Waals surface area contributed by atoms with Gasteiger partial charge in [0, 0.05) is 49.9 Å². The topological polar surface area (TPSA) is 37.4 Å². The van der Waals surface area contributed by atoms with Gasteiger partial charge in [-0.15, -0.1) is 0 Å². The number of aromatic nitrogens is 1. The third-order valence-electron chi connectivity index (χ3n) is 4.49. The Bertz CT molecular complexity index is 397. The van der Waals surface area contributed by atoms with Gasteiger partial charge in [-0.3, -0.25) is 4.98 Å². The van der Waals surface area contributed by atoms with Gasteiger partial charge in [0.1, 0.15) is 0 Å². The minimum Gasteiger partial charge on any atom is -0.378 e. The zero-order chi connectivity index (χ0) is 13.8. The average Bonchev–Trinajstić information content (AvgIpc) is 2.47. The van der Waals surface area contributed by atoms with E-state index < -0.39 is 0 Å². The molecule has 1 saturated carbocycles. The summed E-state index contributed by atoms with van der Waals surface area (Å²) in [5, 5.41) is 3.80. The zero-order valence-electron chi connectivity index (χ0n) is 12.3. The van der Waals surface area contributed by atoms with Crippen LogP contribution in [0, 0.1) is 0 Å². The molecule has 0 atom stereocenters. The van der Waals surface area contributed by atoms with E-state index in [0.717, 1.165) is 19.7 Å². The van der Waals surface area contributed by atoms with E-state index in [-0.39, 0.29) is 0 Å². The molecule has 0 amide bonds. The summed E-state index contributed by atoms with van der Waals surface area (Å²) >= 11 is 0. The fraction of sp³-hybridized carbons (Fsp3) is 0.688. The quantitative estimate of drug-likeness (QED) is 0.894. The van der Waals surface area contributed by atoms with Crippen LogP contribution in [0.4, 0.5) is 5.69 Å². The number of rotatable bonds is 5. The normalized spacial score (nSPS) is 27.4. The Morgan fingerprint density at radius 1 is 1.20 bits per heavy atom. The van der Waals surface area contributed by atoms with E-state index in [4.69, 9.17) is 4.74 Å². The van der Waals surface area contributed by atoms with Crippen molar-refractivity contribution in [2.24, 2.45) is 0 Å². The number of ether oxygens (including phenoxy) is 1. The Balaban J connectivity index is 1.39. The van der Waals surface area contributed by atoms with Crippen LogP contribution in [0.5, 0.6) is 0 Å². The van der Waals surface area contributed by atoms with E-state index in [1.54, 1.807) is 0 Å². The molecule has 110 valence electrons. The maximum atomic E-state index is 5.62. The van der Waals surface area contributed by atoms with Gasteiger partial charge in [-0.25, -0.2) is 0 Å². The summed E-state index contributed by atoms with van der Waals surface area (Å²) in [5.41, 5.74) is 1.30. The molecule has 20 heavy (non-hydrogen) atoms. The molecule has 1 aromatic rings. The first-order chi connectivity index (χ1) is 9.85. The van der Waals surface area contributed by atoms with Gasteiger partial charge < -0.3 is 15.0 Å². The summed E-state index contributed by atoms with van der Waals surface area (Å²) in [7, 11) is 0. The molecule has 0 aromatic carbocycles. The Morgan fingerprint density at radius 2 is 1.90 bits per heavy atom. The van der Waals surface area contributed by atoms with Crippen molar-refractivity contribution in [2.45, 2.75) is 50.8 Å². The van der Waals surface area contributed by atoms with Crippen molar-refractivity contribution < 1.29 is 4.74 Å². The monoisotopic (exact) mass is 275 g/mol. The molecule has 2 heterocycles. The third kappa shape index (κ3) is 3.30. The van der Waals surface area contributed by atoms with Gasteiger partial charge in [0.05, 0.1) is 6.10 Å². The minimum atomic E-state index is 0.509. The molecule has 2 aliphatic rings. The lowest BCUT2D eigenvalue weighted by Gasteiger charge is -2.41. The van der Waals surface area contributed by atoms with Crippen LogP contribution in [0.1, 0.15) is 32.6 Å². The fourth-order valence-electron chi connectivity index (χ4n) is 3.27. The summed E-state index contributed by atoms with van der Waals surface area (Å²) in [6.45, 7) is 5.21. The van der Waals surface area contributed by atoms with E-state index in [2.05, 4.69) is 34.3 Å². The Kier molecular flexibility index (Phi) is 4.53. The molecule has 0 unspecified atom stereocenters. The second-order valence-electron chi connectivity index (χ2n) is 5.88. The number of pyridine rings is 1. The van der Waals surface area contributed by atoms with Gasteiger partial charge in [-0.1, -0.05) is 0 Å². The van der Waals surface area contributed by atoms with Crippen molar-refractivity contribution in [1.82, 2.24) is 10.3 Å². The van der Waals surface area contributed by atoms with E-state index in [9.17, 15) is 0 Å². The van der Waals surface area contributed by atoms with Gasteiger partial charge in [-0.2, -0.15) is 0 Å². The average molecular weight is 275 g/mol. The van der Waals surface area contributed by atoms with Crippen molar-refractivity contribution >= 4 is 5.69 Å². The Morgan fingerprint density at radius 3 is 2.55 bits per heavy atom. The second-order valence-corrected chi connectivity index (χ2v) is 5.88. The molecular formula is C16H25N3O. The van der Waals surface area contributed by atoms with Crippen LogP contribution in [0.2, 0.25) is 0 Å². The van der Waals surface area contributed by atoms with Crippen LogP contribution in [0.25, 0.3) is 0 Å². The first kappa shape index (κ1) is 13.8. The number of hydrogen-bond acceptors (Lipinski definition) is 4. The highest BCUT2D eigenvalue weighted by Gasteiger charge is 2.31. The molecule has 1 N–H and O–H groups in total. The number of hydrogen-bond donors (Lipinski definition) is 1. The highest BCUT2D eigenvalue weighted by atomic mass is 16.5. The van der Waals surface area contributed by atoms with Crippen LogP contribution in [0.3, 0.4) is 0 Å². The number of nitrogens with one attached hydrogen (secondary N) is 1. The molecule has 1 aliphatic carbocycles. The van der Waals surface area contributed by atoms with Gasteiger partial charge in [0.25, 0.3) is 0 Å². The summed E-state index contributed by atoms with van der Waals surface area (Å²) < 4.78 is 5.62. The maximum Gasteiger partial charge on any atom is 0.0604 e. The van der Waals surface area contributed by atoms with Gasteiger partial charge in [0.15, 0.2) is 0 Å². The zero-order valence-corrected chi connectivity index (χ0v) is 12.3.